The summed E-state index contributed by atoms with van der Waals surface area (Å²) in [6, 6.07) is -1.04. The fraction of sp³-hybridized carbons (Fsp3) is 0.583. The highest BCUT2D eigenvalue weighted by molar-refractivity contribution is 7.09. The number of nitrogens with one attached hydrogen (secondary N) is 1. The maximum absolute atomic E-state index is 11.6. The first-order valence-corrected chi connectivity index (χ1v) is 6.68. The van der Waals surface area contributed by atoms with Crippen molar-refractivity contribution in [2.75, 3.05) is 0 Å². The van der Waals surface area contributed by atoms with Crippen molar-refractivity contribution < 1.29 is 19.4 Å². The minimum absolute atomic E-state index is 0.146. The van der Waals surface area contributed by atoms with Gasteiger partial charge in [0.2, 0.25) is 0 Å². The van der Waals surface area contributed by atoms with E-state index in [9.17, 15) is 9.59 Å². The number of alkyl carbamates (subject to hydrolysis) is 1. The van der Waals surface area contributed by atoms with E-state index in [1.165, 1.54) is 11.3 Å². The molecule has 0 fully saturated rings. The third kappa shape index (κ3) is 5.69. The lowest BCUT2D eigenvalue weighted by Gasteiger charge is -2.21. The second kappa shape index (κ2) is 6.01. The summed E-state index contributed by atoms with van der Waals surface area (Å²) in [4.78, 5) is 26.9. The Bertz CT molecular complexity index is 465. The van der Waals surface area contributed by atoms with Gasteiger partial charge < -0.3 is 15.2 Å². The number of aliphatic carboxylic acids is 1. The van der Waals surface area contributed by atoms with Gasteiger partial charge in [-0.2, -0.15) is 0 Å². The number of hydrogen-bond donors (Lipinski definition) is 2. The van der Waals surface area contributed by atoms with Crippen LogP contribution < -0.4 is 5.32 Å². The fourth-order valence-corrected chi connectivity index (χ4v) is 2.14. The number of carbonyl (C=O) groups excluding carboxylic acids is 1. The van der Waals surface area contributed by atoms with Gasteiger partial charge in [0.25, 0.3) is 0 Å². The van der Waals surface area contributed by atoms with Crippen molar-refractivity contribution in [1.82, 2.24) is 10.3 Å². The molecule has 1 rings (SSSR count). The van der Waals surface area contributed by atoms with E-state index in [1.54, 1.807) is 20.8 Å². The van der Waals surface area contributed by atoms with Crippen molar-refractivity contribution in [3.8, 4) is 0 Å². The Hall–Kier alpha value is -1.63. The molecule has 0 bridgehead atoms. The van der Waals surface area contributed by atoms with Crippen LogP contribution >= 0.6 is 11.3 Å². The molecule has 1 aromatic rings. The summed E-state index contributed by atoms with van der Waals surface area (Å²) >= 11 is 1.37. The molecule has 0 aliphatic carbocycles. The van der Waals surface area contributed by atoms with Crippen molar-refractivity contribution in [2.24, 2.45) is 0 Å². The quantitative estimate of drug-likeness (QED) is 0.883. The second-order valence-electron chi connectivity index (χ2n) is 5.12. The molecule has 0 radical (unpaired) electrons. The number of aryl methyl sites for hydroxylation is 1. The maximum Gasteiger partial charge on any atom is 0.408 e. The largest absolute Gasteiger partial charge is 0.480 e. The minimum atomic E-state index is -1.11. The van der Waals surface area contributed by atoms with E-state index in [4.69, 9.17) is 9.84 Å². The van der Waals surface area contributed by atoms with Gasteiger partial charge in [-0.1, -0.05) is 0 Å². The van der Waals surface area contributed by atoms with E-state index in [2.05, 4.69) is 10.3 Å². The molecule has 7 heteroatoms. The molecule has 1 amide bonds. The van der Waals surface area contributed by atoms with E-state index >= 15 is 0 Å². The van der Waals surface area contributed by atoms with E-state index < -0.39 is 23.7 Å². The van der Waals surface area contributed by atoms with Gasteiger partial charge in [-0.05, 0) is 27.7 Å². The standard InChI is InChI=1S/C12H18N2O4S/c1-7-6-19-9(13-7)5-8(10(15)16)14-11(17)18-12(2,3)4/h6,8H,5H2,1-4H3,(H,14,17)(H,15,16)/t8-/m1/s1. The lowest BCUT2D eigenvalue weighted by Crippen LogP contribution is -2.44. The van der Waals surface area contributed by atoms with Gasteiger partial charge in [0.05, 0.1) is 5.01 Å². The molecule has 2 N–H and O–H groups in total. The highest BCUT2D eigenvalue weighted by Crippen LogP contribution is 2.12. The third-order valence-electron chi connectivity index (χ3n) is 2.03. The first-order chi connectivity index (χ1) is 8.67. The first kappa shape index (κ1) is 15.4. The van der Waals surface area contributed by atoms with Gasteiger partial charge in [0.15, 0.2) is 0 Å². The molecule has 106 valence electrons. The van der Waals surface area contributed by atoms with Crippen molar-refractivity contribution in [1.29, 1.82) is 0 Å². The summed E-state index contributed by atoms with van der Waals surface area (Å²) in [7, 11) is 0. The molecular formula is C12H18N2O4S. The molecule has 0 aromatic carbocycles. The van der Waals surface area contributed by atoms with Crippen LogP contribution in [-0.4, -0.2) is 33.8 Å². The molecular weight excluding hydrogens is 268 g/mol. The van der Waals surface area contributed by atoms with Crippen molar-refractivity contribution >= 4 is 23.4 Å². The maximum atomic E-state index is 11.6. The monoisotopic (exact) mass is 286 g/mol. The van der Waals surface area contributed by atoms with E-state index in [0.29, 0.717) is 5.01 Å². The van der Waals surface area contributed by atoms with Crippen molar-refractivity contribution in [3.05, 3.63) is 16.1 Å². The highest BCUT2D eigenvalue weighted by atomic mass is 32.1. The number of ether oxygens (including phenoxy) is 1. The van der Waals surface area contributed by atoms with Crippen LogP contribution in [0.3, 0.4) is 0 Å². The zero-order chi connectivity index (χ0) is 14.6. The van der Waals surface area contributed by atoms with Crippen LogP contribution in [0.15, 0.2) is 5.38 Å². The topological polar surface area (TPSA) is 88.5 Å². The predicted molar refractivity (Wildman–Crippen MR) is 71.3 cm³/mol. The number of rotatable bonds is 4. The number of thiazole rings is 1. The molecule has 1 atom stereocenters. The molecule has 1 aromatic heterocycles. The molecule has 0 aliphatic rings. The average molecular weight is 286 g/mol. The Morgan fingerprint density at radius 3 is 2.58 bits per heavy atom. The van der Waals surface area contributed by atoms with E-state index in [-0.39, 0.29) is 6.42 Å². The highest BCUT2D eigenvalue weighted by Gasteiger charge is 2.25. The van der Waals surface area contributed by atoms with E-state index in [1.807, 2.05) is 12.3 Å². The third-order valence-corrected chi connectivity index (χ3v) is 3.02. The normalized spacial score (nSPS) is 12.8. The molecule has 0 spiro atoms. The van der Waals surface area contributed by atoms with Gasteiger partial charge in [-0.3, -0.25) is 0 Å². The number of carboxylic acid groups (broad SMARTS) is 1. The van der Waals surface area contributed by atoms with Gasteiger partial charge in [-0.15, -0.1) is 11.3 Å². The molecule has 0 aliphatic heterocycles. The lowest BCUT2D eigenvalue weighted by molar-refractivity contribution is -0.139. The Labute approximate surface area is 115 Å². The fourth-order valence-electron chi connectivity index (χ4n) is 1.32. The molecule has 0 unspecified atom stereocenters. The van der Waals surface area contributed by atoms with Gasteiger partial charge in [0.1, 0.15) is 11.6 Å². The SMILES string of the molecule is Cc1csc(C[C@@H](NC(=O)OC(C)(C)C)C(=O)O)n1. The summed E-state index contributed by atoms with van der Waals surface area (Å²) in [5.74, 6) is -1.11. The van der Waals surface area contributed by atoms with Crippen LogP contribution in [0.4, 0.5) is 4.79 Å². The number of aromatic nitrogens is 1. The van der Waals surface area contributed by atoms with Crippen LogP contribution in [0.2, 0.25) is 0 Å². The zero-order valence-electron chi connectivity index (χ0n) is 11.4. The summed E-state index contributed by atoms with van der Waals surface area (Å²) < 4.78 is 5.03. The number of carboxylic acids is 1. The summed E-state index contributed by atoms with van der Waals surface area (Å²) in [6.07, 6.45) is -0.597. The Kier molecular flexibility index (Phi) is 4.88. The Morgan fingerprint density at radius 2 is 2.16 bits per heavy atom. The number of hydrogen-bond acceptors (Lipinski definition) is 5. The van der Waals surface area contributed by atoms with Crippen LogP contribution in [-0.2, 0) is 16.0 Å². The lowest BCUT2D eigenvalue weighted by atomic mass is 10.2. The predicted octanol–water partition coefficient (Wildman–Crippen LogP) is 1.97. The minimum Gasteiger partial charge on any atom is -0.480 e. The smallest absolute Gasteiger partial charge is 0.408 e. The molecule has 0 saturated heterocycles. The van der Waals surface area contributed by atoms with Gasteiger partial charge in [0, 0.05) is 17.5 Å². The van der Waals surface area contributed by atoms with Crippen LogP contribution in [0, 0.1) is 6.92 Å². The van der Waals surface area contributed by atoms with Crippen molar-refractivity contribution in [2.45, 2.75) is 45.8 Å². The molecule has 6 nitrogen and oxygen atoms in total. The van der Waals surface area contributed by atoms with Crippen molar-refractivity contribution in [3.63, 3.8) is 0 Å². The number of carbonyl (C=O) groups is 2. The summed E-state index contributed by atoms with van der Waals surface area (Å²) in [5.41, 5.74) is 0.173. The molecule has 19 heavy (non-hydrogen) atoms. The Balaban J connectivity index is 2.63. The van der Waals surface area contributed by atoms with Crippen LogP contribution in [0.1, 0.15) is 31.5 Å². The second-order valence-corrected chi connectivity index (χ2v) is 6.07. The molecule has 0 saturated carbocycles. The number of nitrogens with zero attached hydrogens (tertiary/aromatic N) is 1. The Morgan fingerprint density at radius 1 is 1.53 bits per heavy atom. The van der Waals surface area contributed by atoms with E-state index in [0.717, 1.165) is 5.69 Å². The zero-order valence-corrected chi connectivity index (χ0v) is 12.2. The van der Waals surface area contributed by atoms with Crippen LogP contribution in [0.25, 0.3) is 0 Å². The van der Waals surface area contributed by atoms with Crippen LogP contribution in [0.5, 0.6) is 0 Å². The summed E-state index contributed by atoms with van der Waals surface area (Å²) in [6.45, 7) is 6.97. The average Bonchev–Trinajstić information content (AvgIpc) is 2.60. The number of amides is 1. The van der Waals surface area contributed by atoms with Gasteiger partial charge in [-0.25, -0.2) is 14.6 Å². The van der Waals surface area contributed by atoms with Gasteiger partial charge >= 0.3 is 12.1 Å². The first-order valence-electron chi connectivity index (χ1n) is 5.80. The summed E-state index contributed by atoms with van der Waals surface area (Å²) in [5, 5.41) is 13.9. The molecule has 1 heterocycles.